The van der Waals surface area contributed by atoms with Gasteiger partial charge in [-0.3, -0.25) is 10.1 Å². The zero-order chi connectivity index (χ0) is 35.9. The van der Waals surface area contributed by atoms with Crippen molar-refractivity contribution in [3.05, 3.63) is 76.2 Å². The van der Waals surface area contributed by atoms with Crippen LogP contribution in [-0.2, 0) is 6.18 Å². The molecule has 0 amide bonds. The zero-order valence-electron chi connectivity index (χ0n) is 25.3. The van der Waals surface area contributed by atoms with Crippen molar-refractivity contribution in [2.45, 2.75) is 47.7 Å². The Balaban J connectivity index is -0.000000554. The molecule has 0 aliphatic carbocycles. The van der Waals surface area contributed by atoms with E-state index in [0.717, 1.165) is 42.2 Å². The lowest BCUT2D eigenvalue weighted by Gasteiger charge is -2.08. The maximum Gasteiger partial charge on any atom is 0.503 e. The molecule has 3 rings (SSSR count). The van der Waals surface area contributed by atoms with Gasteiger partial charge in [0.25, 0.3) is 5.69 Å². The Morgan fingerprint density at radius 1 is 0.867 bits per heavy atom. The highest BCUT2D eigenvalue weighted by atomic mass is 19.4. The van der Waals surface area contributed by atoms with Gasteiger partial charge in [0.1, 0.15) is 17.3 Å². The number of nitro benzene ring substituents is 1. The Hall–Kier alpha value is -5.42. The number of aromatic nitrogens is 2. The van der Waals surface area contributed by atoms with Crippen molar-refractivity contribution in [3.63, 3.8) is 0 Å². The SMILES string of the molecule is CC(C)C.CC(C)C.Nc1cc(F)ccc1[N+](=O)[O-].Nc1ccnc(Nc2ccc(C(F)(F)F)cc2)n1.O=C(O)O.O=C(O)O. The Bertz CT molecular complexity index is 1260. The molecule has 18 heteroatoms. The number of nitrogens with one attached hydrogen (secondary N) is 1. The number of rotatable bonds is 3. The van der Waals surface area contributed by atoms with E-state index in [1.54, 1.807) is 0 Å². The predicted molar refractivity (Wildman–Crippen MR) is 161 cm³/mol. The molecule has 14 nitrogen and oxygen atoms in total. The summed E-state index contributed by atoms with van der Waals surface area (Å²) in [6, 6.07) is 9.02. The topological polar surface area (TPSA) is 248 Å². The van der Waals surface area contributed by atoms with Crippen LogP contribution in [0.5, 0.6) is 0 Å². The van der Waals surface area contributed by atoms with Gasteiger partial charge in [-0.05, 0) is 48.2 Å². The zero-order valence-corrected chi connectivity index (χ0v) is 25.3. The Kier molecular flexibility index (Phi) is 22.6. The molecule has 1 aromatic heterocycles. The Labute approximate surface area is 256 Å². The molecule has 2 aromatic carbocycles. The van der Waals surface area contributed by atoms with E-state index in [2.05, 4.69) is 56.8 Å². The molecular weight excluding hydrogens is 612 g/mol. The summed E-state index contributed by atoms with van der Waals surface area (Å²) in [5.41, 5.74) is 9.91. The minimum absolute atomic E-state index is 0.157. The summed E-state index contributed by atoms with van der Waals surface area (Å²) < 4.78 is 49.3. The summed E-state index contributed by atoms with van der Waals surface area (Å²) in [6.45, 7) is 13.0. The number of alkyl halides is 3. The number of anilines is 4. The third-order valence-corrected chi connectivity index (χ3v) is 3.33. The molecule has 252 valence electrons. The smallest absolute Gasteiger partial charge is 0.450 e. The number of carbonyl (C=O) groups is 2. The molecule has 45 heavy (non-hydrogen) atoms. The molecule has 0 radical (unpaired) electrons. The van der Waals surface area contributed by atoms with Gasteiger partial charge in [0, 0.05) is 24.0 Å². The summed E-state index contributed by atoms with van der Waals surface area (Å²) in [4.78, 5) is 34.3. The van der Waals surface area contributed by atoms with E-state index in [4.69, 9.17) is 41.5 Å². The first-order valence-electron chi connectivity index (χ1n) is 12.5. The molecule has 0 aliphatic heterocycles. The van der Waals surface area contributed by atoms with Crippen LogP contribution in [0.25, 0.3) is 0 Å². The Morgan fingerprint density at radius 3 is 1.62 bits per heavy atom. The average Bonchev–Trinajstić information content (AvgIpc) is 2.83. The monoisotopic (exact) mass is 650 g/mol. The van der Waals surface area contributed by atoms with Crippen LogP contribution < -0.4 is 16.8 Å². The minimum Gasteiger partial charge on any atom is -0.450 e. The number of hydrogen-bond donors (Lipinski definition) is 7. The highest BCUT2D eigenvalue weighted by Crippen LogP contribution is 2.30. The fraction of sp³-hybridized carbons (Fsp3) is 0.333. The highest BCUT2D eigenvalue weighted by molar-refractivity contribution is 5.57. The summed E-state index contributed by atoms with van der Waals surface area (Å²) in [6.07, 6.45) is -6.55. The summed E-state index contributed by atoms with van der Waals surface area (Å²) in [5, 5.41) is 40.8. The van der Waals surface area contributed by atoms with Crippen molar-refractivity contribution in [2.75, 3.05) is 16.8 Å². The second kappa shape index (κ2) is 23.1. The highest BCUT2D eigenvalue weighted by Gasteiger charge is 2.29. The second-order valence-corrected chi connectivity index (χ2v) is 9.49. The van der Waals surface area contributed by atoms with Crippen LogP contribution in [0.15, 0.2) is 54.7 Å². The van der Waals surface area contributed by atoms with Gasteiger partial charge in [-0.15, -0.1) is 0 Å². The molecule has 0 bridgehead atoms. The number of carboxylic acid groups (broad SMARTS) is 4. The number of nitrogens with zero attached hydrogens (tertiary/aromatic N) is 3. The quantitative estimate of drug-likeness (QED) is 0.0616. The summed E-state index contributed by atoms with van der Waals surface area (Å²) in [5.74, 6) is 1.60. The summed E-state index contributed by atoms with van der Waals surface area (Å²) >= 11 is 0. The van der Waals surface area contributed by atoms with Gasteiger partial charge in [-0.1, -0.05) is 41.5 Å². The van der Waals surface area contributed by atoms with Gasteiger partial charge >= 0.3 is 18.5 Å². The maximum absolute atomic E-state index is 12.3. The number of nitrogens with two attached hydrogens (primary N) is 2. The van der Waals surface area contributed by atoms with Gasteiger partial charge in [0.05, 0.1) is 10.5 Å². The lowest BCUT2D eigenvalue weighted by atomic mass is 10.2. The van der Waals surface area contributed by atoms with E-state index < -0.39 is 34.8 Å². The molecule has 0 unspecified atom stereocenters. The predicted octanol–water partition coefficient (Wildman–Crippen LogP) is 7.91. The third kappa shape index (κ3) is 29.9. The van der Waals surface area contributed by atoms with Crippen molar-refractivity contribution >= 4 is 41.1 Å². The summed E-state index contributed by atoms with van der Waals surface area (Å²) in [7, 11) is 0. The van der Waals surface area contributed by atoms with Crippen LogP contribution in [0.3, 0.4) is 0 Å². The number of halogens is 4. The largest absolute Gasteiger partial charge is 0.503 e. The van der Waals surface area contributed by atoms with E-state index in [-0.39, 0.29) is 23.1 Å². The van der Waals surface area contributed by atoms with E-state index in [1.165, 1.54) is 24.4 Å². The van der Waals surface area contributed by atoms with Crippen molar-refractivity contribution in [1.29, 1.82) is 0 Å². The van der Waals surface area contributed by atoms with E-state index in [1.807, 2.05) is 0 Å². The van der Waals surface area contributed by atoms with E-state index in [0.29, 0.717) is 5.69 Å². The van der Waals surface area contributed by atoms with Crippen LogP contribution in [0, 0.1) is 27.8 Å². The minimum atomic E-state index is -4.34. The molecular formula is C27H38F4N6O8. The lowest BCUT2D eigenvalue weighted by molar-refractivity contribution is -0.383. The number of hydrogen-bond acceptors (Lipinski definition) is 9. The molecule has 0 spiro atoms. The first-order chi connectivity index (χ1) is 20.5. The molecule has 0 aliphatic rings. The Morgan fingerprint density at radius 2 is 1.29 bits per heavy atom. The second-order valence-electron chi connectivity index (χ2n) is 9.49. The molecule has 3 aromatic rings. The molecule has 0 saturated heterocycles. The van der Waals surface area contributed by atoms with E-state index in [9.17, 15) is 27.7 Å². The fourth-order valence-corrected chi connectivity index (χ4v) is 2.00. The van der Waals surface area contributed by atoms with Gasteiger partial charge in [0.2, 0.25) is 5.95 Å². The maximum atomic E-state index is 12.3. The molecule has 1 heterocycles. The van der Waals surface area contributed by atoms with Crippen molar-refractivity contribution in [1.82, 2.24) is 9.97 Å². The molecule has 9 N–H and O–H groups in total. The standard InChI is InChI=1S/C11H9F3N4.C6H5FN2O2.2C4H10.2CH2O3/c12-11(13,14)7-1-3-8(4-2-7)17-10-16-6-5-9(15)18-10;7-4-1-2-6(9(10)11)5(8)3-4;2*1-4(2)3;2*2-1(3)4/h1-6H,(H3,15,16,17,18);1-3H,8H2;2*4H,1-3H3;2*(H2,2,3,4). The van der Waals surface area contributed by atoms with Crippen molar-refractivity contribution < 1.29 is 52.5 Å². The molecule has 0 atom stereocenters. The number of benzene rings is 2. The lowest BCUT2D eigenvalue weighted by Crippen LogP contribution is -2.05. The molecule has 0 fully saturated rings. The van der Waals surface area contributed by atoms with Gasteiger partial charge in [0.15, 0.2) is 0 Å². The number of nitrogen functional groups attached to an aromatic ring is 2. The average molecular weight is 651 g/mol. The van der Waals surface area contributed by atoms with Crippen LogP contribution >= 0.6 is 0 Å². The fourth-order valence-electron chi connectivity index (χ4n) is 2.00. The van der Waals surface area contributed by atoms with Crippen LogP contribution in [0.4, 0.5) is 56.0 Å². The van der Waals surface area contributed by atoms with Crippen LogP contribution in [-0.4, -0.2) is 47.6 Å². The third-order valence-electron chi connectivity index (χ3n) is 3.33. The molecule has 0 saturated carbocycles. The van der Waals surface area contributed by atoms with Gasteiger partial charge in [-0.2, -0.15) is 18.2 Å². The van der Waals surface area contributed by atoms with E-state index >= 15 is 0 Å². The van der Waals surface area contributed by atoms with Gasteiger partial charge in [-0.25, -0.2) is 19.0 Å². The van der Waals surface area contributed by atoms with Crippen LogP contribution in [0.1, 0.15) is 47.1 Å². The van der Waals surface area contributed by atoms with Crippen LogP contribution in [0.2, 0.25) is 0 Å². The first kappa shape index (κ1) is 44.0. The van der Waals surface area contributed by atoms with Crippen molar-refractivity contribution in [2.24, 2.45) is 11.8 Å². The number of nitro groups is 1. The first-order valence-corrected chi connectivity index (χ1v) is 12.5. The normalized spacial score (nSPS) is 9.51. The van der Waals surface area contributed by atoms with Gasteiger partial charge < -0.3 is 37.2 Å². The van der Waals surface area contributed by atoms with Crippen molar-refractivity contribution in [3.8, 4) is 0 Å².